The van der Waals surface area contributed by atoms with Crippen molar-refractivity contribution >= 4 is 5.97 Å². The maximum absolute atomic E-state index is 13.9. The van der Waals surface area contributed by atoms with Gasteiger partial charge in [-0.25, -0.2) is 8.78 Å². The van der Waals surface area contributed by atoms with E-state index in [9.17, 15) is 13.6 Å². The van der Waals surface area contributed by atoms with Crippen LogP contribution in [-0.4, -0.2) is 17.1 Å². The van der Waals surface area contributed by atoms with E-state index in [1.807, 2.05) is 0 Å². The van der Waals surface area contributed by atoms with Crippen LogP contribution >= 0.6 is 0 Å². The largest absolute Gasteiger partial charge is 0.480 e. The molecule has 0 spiro atoms. The number of carboxylic acid groups (broad SMARTS) is 1. The number of aliphatic carboxylic acids is 1. The second-order valence-corrected chi connectivity index (χ2v) is 4.47. The predicted octanol–water partition coefficient (Wildman–Crippen LogP) is 2.71. The van der Waals surface area contributed by atoms with Crippen molar-refractivity contribution in [1.29, 1.82) is 0 Å². The second-order valence-electron chi connectivity index (χ2n) is 4.47. The molecule has 0 fully saturated rings. The van der Waals surface area contributed by atoms with Crippen LogP contribution in [0.4, 0.5) is 8.78 Å². The smallest absolute Gasteiger partial charge is 0.320 e. The van der Waals surface area contributed by atoms with Crippen LogP contribution in [0.5, 0.6) is 11.5 Å². The molecule has 4 nitrogen and oxygen atoms in total. The molecule has 2 aromatic rings. The van der Waals surface area contributed by atoms with E-state index in [-0.39, 0.29) is 17.9 Å². The van der Waals surface area contributed by atoms with Crippen molar-refractivity contribution in [1.82, 2.24) is 0 Å². The molecule has 0 aliphatic carbocycles. The van der Waals surface area contributed by atoms with E-state index in [1.165, 1.54) is 30.3 Å². The van der Waals surface area contributed by atoms with Gasteiger partial charge in [-0.05, 0) is 36.2 Å². The van der Waals surface area contributed by atoms with Crippen molar-refractivity contribution in [3.8, 4) is 11.5 Å². The zero-order valence-electron chi connectivity index (χ0n) is 10.9. The molecule has 0 aromatic heterocycles. The van der Waals surface area contributed by atoms with Crippen LogP contribution in [0.25, 0.3) is 0 Å². The van der Waals surface area contributed by atoms with Crippen LogP contribution < -0.4 is 10.5 Å². The highest BCUT2D eigenvalue weighted by Crippen LogP contribution is 2.25. The van der Waals surface area contributed by atoms with Gasteiger partial charge in [0.2, 0.25) is 0 Å². The van der Waals surface area contributed by atoms with Crippen molar-refractivity contribution in [2.24, 2.45) is 5.73 Å². The monoisotopic (exact) mass is 293 g/mol. The second kappa shape index (κ2) is 6.32. The lowest BCUT2D eigenvalue weighted by molar-refractivity contribution is -0.138. The first-order valence-electron chi connectivity index (χ1n) is 6.16. The lowest BCUT2D eigenvalue weighted by Gasteiger charge is -2.10. The Morgan fingerprint density at radius 3 is 2.62 bits per heavy atom. The van der Waals surface area contributed by atoms with E-state index >= 15 is 0 Å². The summed E-state index contributed by atoms with van der Waals surface area (Å²) in [6.45, 7) is 0. The molecule has 0 unspecified atom stereocenters. The summed E-state index contributed by atoms with van der Waals surface area (Å²) in [5.41, 5.74) is 5.82. The van der Waals surface area contributed by atoms with Crippen LogP contribution in [0.3, 0.4) is 0 Å². The average Bonchev–Trinajstić information content (AvgIpc) is 2.42. The Morgan fingerprint density at radius 1 is 1.24 bits per heavy atom. The van der Waals surface area contributed by atoms with E-state index in [0.29, 0.717) is 5.56 Å². The van der Waals surface area contributed by atoms with Crippen molar-refractivity contribution < 1.29 is 23.4 Å². The highest BCUT2D eigenvalue weighted by molar-refractivity contribution is 5.73. The highest BCUT2D eigenvalue weighted by Gasteiger charge is 2.14. The van der Waals surface area contributed by atoms with Gasteiger partial charge in [-0.15, -0.1) is 0 Å². The van der Waals surface area contributed by atoms with E-state index in [2.05, 4.69) is 0 Å². The van der Waals surface area contributed by atoms with Gasteiger partial charge < -0.3 is 15.6 Å². The maximum atomic E-state index is 13.9. The maximum Gasteiger partial charge on any atom is 0.320 e. The van der Waals surface area contributed by atoms with E-state index in [1.54, 1.807) is 0 Å². The molecule has 21 heavy (non-hydrogen) atoms. The number of rotatable bonds is 5. The minimum absolute atomic E-state index is 0.00645. The molecule has 1 atom stereocenters. The van der Waals surface area contributed by atoms with Gasteiger partial charge in [0.1, 0.15) is 17.6 Å². The van der Waals surface area contributed by atoms with Gasteiger partial charge in [0.05, 0.1) is 0 Å². The third-order valence-corrected chi connectivity index (χ3v) is 2.79. The molecule has 0 bridgehead atoms. The molecule has 0 heterocycles. The number of carboxylic acids is 1. The van der Waals surface area contributed by atoms with Gasteiger partial charge in [0.15, 0.2) is 11.6 Å². The topological polar surface area (TPSA) is 72.5 Å². The Balaban J connectivity index is 2.14. The molecular formula is C15H13F2NO3. The SMILES string of the molecule is N[C@@H](Cc1ccc(Oc2cccc(F)c2)c(F)c1)C(=O)O. The Hall–Kier alpha value is -2.47. The number of benzene rings is 2. The van der Waals surface area contributed by atoms with Crippen LogP contribution in [0.15, 0.2) is 42.5 Å². The minimum Gasteiger partial charge on any atom is -0.480 e. The molecule has 0 amide bonds. The summed E-state index contributed by atoms with van der Waals surface area (Å²) in [6, 6.07) is 8.24. The van der Waals surface area contributed by atoms with Gasteiger partial charge in [0, 0.05) is 6.07 Å². The summed E-state index contributed by atoms with van der Waals surface area (Å²) in [6.07, 6.45) is 0.00645. The van der Waals surface area contributed by atoms with Crippen molar-refractivity contribution in [2.75, 3.05) is 0 Å². The number of hydrogen-bond donors (Lipinski definition) is 2. The van der Waals surface area contributed by atoms with Gasteiger partial charge in [-0.3, -0.25) is 4.79 Å². The fraction of sp³-hybridized carbons (Fsp3) is 0.133. The average molecular weight is 293 g/mol. The standard InChI is InChI=1S/C15H13F2NO3/c16-10-2-1-3-11(8-10)21-14-5-4-9(6-12(14)17)7-13(18)15(19)20/h1-6,8,13H,7,18H2,(H,19,20)/t13-/m0/s1. The Kier molecular flexibility index (Phi) is 4.49. The summed E-state index contributed by atoms with van der Waals surface area (Å²) in [5, 5.41) is 8.71. The van der Waals surface area contributed by atoms with E-state index in [4.69, 9.17) is 15.6 Å². The fourth-order valence-corrected chi connectivity index (χ4v) is 1.75. The molecule has 0 aliphatic rings. The summed E-state index contributed by atoms with van der Waals surface area (Å²) in [4.78, 5) is 10.6. The summed E-state index contributed by atoms with van der Waals surface area (Å²) < 4.78 is 32.1. The first-order chi connectivity index (χ1) is 9.95. The summed E-state index contributed by atoms with van der Waals surface area (Å²) in [7, 11) is 0. The molecule has 2 aromatic carbocycles. The van der Waals surface area contributed by atoms with Gasteiger partial charge in [-0.2, -0.15) is 0 Å². The Morgan fingerprint density at radius 2 is 2.00 bits per heavy atom. The van der Waals surface area contributed by atoms with E-state index < -0.39 is 23.6 Å². The molecule has 0 radical (unpaired) electrons. The fourth-order valence-electron chi connectivity index (χ4n) is 1.75. The van der Waals surface area contributed by atoms with Gasteiger partial charge in [0.25, 0.3) is 0 Å². The zero-order valence-corrected chi connectivity index (χ0v) is 10.9. The van der Waals surface area contributed by atoms with Crippen molar-refractivity contribution in [3.63, 3.8) is 0 Å². The predicted molar refractivity (Wildman–Crippen MR) is 72.2 cm³/mol. The number of nitrogens with two attached hydrogens (primary N) is 1. The first kappa shape index (κ1) is 14.9. The summed E-state index contributed by atoms with van der Waals surface area (Å²) >= 11 is 0. The minimum atomic E-state index is -1.16. The van der Waals surface area contributed by atoms with Crippen molar-refractivity contribution in [2.45, 2.75) is 12.5 Å². The molecule has 0 saturated carbocycles. The number of carbonyl (C=O) groups is 1. The molecule has 0 saturated heterocycles. The summed E-state index contributed by atoms with van der Waals surface area (Å²) in [5.74, 6) is -2.22. The van der Waals surface area contributed by atoms with Crippen LogP contribution in [0.2, 0.25) is 0 Å². The first-order valence-corrected chi connectivity index (χ1v) is 6.16. The van der Waals surface area contributed by atoms with Gasteiger partial charge in [-0.1, -0.05) is 12.1 Å². The molecule has 3 N–H and O–H groups in total. The molecular weight excluding hydrogens is 280 g/mol. The quantitative estimate of drug-likeness (QED) is 0.889. The highest BCUT2D eigenvalue weighted by atomic mass is 19.1. The normalized spacial score (nSPS) is 12.0. The third kappa shape index (κ3) is 4.00. The van der Waals surface area contributed by atoms with Crippen LogP contribution in [0.1, 0.15) is 5.56 Å². The lowest BCUT2D eigenvalue weighted by atomic mass is 10.1. The van der Waals surface area contributed by atoms with Crippen molar-refractivity contribution in [3.05, 3.63) is 59.7 Å². The number of hydrogen-bond acceptors (Lipinski definition) is 3. The lowest BCUT2D eigenvalue weighted by Crippen LogP contribution is -2.32. The molecule has 0 aliphatic heterocycles. The van der Waals surface area contributed by atoms with Gasteiger partial charge >= 0.3 is 5.97 Å². The third-order valence-electron chi connectivity index (χ3n) is 2.79. The zero-order chi connectivity index (χ0) is 15.4. The Labute approximate surface area is 119 Å². The van der Waals surface area contributed by atoms with E-state index in [0.717, 1.165) is 12.1 Å². The molecule has 2 rings (SSSR count). The van der Waals surface area contributed by atoms with Crippen LogP contribution in [-0.2, 0) is 11.2 Å². The number of halogens is 2. The molecule has 6 heteroatoms. The number of ether oxygens (including phenoxy) is 1. The Bertz CT molecular complexity index is 661. The van der Waals surface area contributed by atoms with Crippen LogP contribution in [0, 0.1) is 11.6 Å². The molecule has 110 valence electrons.